The van der Waals surface area contributed by atoms with Gasteiger partial charge < -0.3 is 19.1 Å². The molecule has 1 amide bonds. The summed E-state index contributed by atoms with van der Waals surface area (Å²) in [7, 11) is 4.79. The Morgan fingerprint density at radius 2 is 2.00 bits per heavy atom. The van der Waals surface area contributed by atoms with Crippen LogP contribution in [0.4, 0.5) is 0 Å². The maximum absolute atomic E-state index is 12.6. The molecule has 0 fully saturated rings. The number of amides is 1. The second-order valence-electron chi connectivity index (χ2n) is 4.78. The number of benzene rings is 1. The van der Waals surface area contributed by atoms with Crippen LogP contribution in [0.5, 0.6) is 5.75 Å². The van der Waals surface area contributed by atoms with E-state index in [1.54, 1.807) is 26.2 Å². The summed E-state index contributed by atoms with van der Waals surface area (Å²) in [6.45, 7) is 1.15. The number of nitrogens with zero attached hydrogens (tertiary/aromatic N) is 1. The van der Waals surface area contributed by atoms with Gasteiger partial charge in [0.05, 0.1) is 13.7 Å². The number of methoxy groups -OCH3 is 3. The first-order chi connectivity index (χ1) is 9.69. The van der Waals surface area contributed by atoms with Crippen LogP contribution in [0.15, 0.2) is 18.2 Å². The molecule has 20 heavy (non-hydrogen) atoms. The summed E-state index contributed by atoms with van der Waals surface area (Å²) >= 11 is 0. The zero-order valence-corrected chi connectivity index (χ0v) is 12.2. The van der Waals surface area contributed by atoms with E-state index < -0.39 is 6.29 Å². The Balaban J connectivity index is 2.21. The van der Waals surface area contributed by atoms with Gasteiger partial charge in [-0.05, 0) is 36.6 Å². The molecule has 1 aromatic rings. The van der Waals surface area contributed by atoms with Gasteiger partial charge in [0.25, 0.3) is 5.91 Å². The number of hydrogen-bond acceptors (Lipinski definition) is 4. The SMILES string of the molecule is COc1ccc2c(c1)CCCN(CC(OC)OC)C2=O. The lowest BCUT2D eigenvalue weighted by atomic mass is 10.0. The van der Waals surface area contributed by atoms with E-state index in [0.29, 0.717) is 13.1 Å². The minimum atomic E-state index is -0.390. The zero-order valence-electron chi connectivity index (χ0n) is 12.2. The van der Waals surface area contributed by atoms with Crippen molar-refractivity contribution in [2.75, 3.05) is 34.4 Å². The standard InChI is InChI=1S/C15H21NO4/c1-18-12-6-7-13-11(9-12)5-4-8-16(15(13)17)10-14(19-2)20-3/h6-7,9,14H,4-5,8,10H2,1-3H3. The van der Waals surface area contributed by atoms with Crippen LogP contribution in [0.3, 0.4) is 0 Å². The van der Waals surface area contributed by atoms with Crippen molar-refractivity contribution < 1.29 is 19.0 Å². The maximum atomic E-state index is 12.6. The Morgan fingerprint density at radius 1 is 1.25 bits per heavy atom. The summed E-state index contributed by atoms with van der Waals surface area (Å²) in [4.78, 5) is 14.4. The predicted molar refractivity (Wildman–Crippen MR) is 75.0 cm³/mol. The van der Waals surface area contributed by atoms with Gasteiger partial charge in [-0.25, -0.2) is 0 Å². The molecule has 1 aliphatic rings. The second-order valence-corrected chi connectivity index (χ2v) is 4.78. The molecule has 0 saturated heterocycles. The van der Waals surface area contributed by atoms with Crippen LogP contribution in [-0.2, 0) is 15.9 Å². The van der Waals surface area contributed by atoms with Gasteiger partial charge in [-0.1, -0.05) is 0 Å². The first-order valence-electron chi connectivity index (χ1n) is 6.71. The number of aryl methyl sites for hydroxylation is 1. The van der Waals surface area contributed by atoms with Crippen LogP contribution in [0.1, 0.15) is 22.3 Å². The van der Waals surface area contributed by atoms with E-state index >= 15 is 0 Å². The Bertz CT molecular complexity index is 471. The summed E-state index contributed by atoms with van der Waals surface area (Å²) in [5.74, 6) is 0.816. The molecule has 0 radical (unpaired) electrons. The van der Waals surface area contributed by atoms with Gasteiger partial charge in [-0.15, -0.1) is 0 Å². The van der Waals surface area contributed by atoms with Crippen molar-refractivity contribution in [1.82, 2.24) is 4.90 Å². The topological polar surface area (TPSA) is 48.0 Å². The quantitative estimate of drug-likeness (QED) is 0.770. The Hall–Kier alpha value is -1.59. The van der Waals surface area contributed by atoms with Crippen molar-refractivity contribution in [3.8, 4) is 5.75 Å². The first kappa shape index (κ1) is 14.8. The predicted octanol–water partition coefficient (Wildman–Crippen LogP) is 1.70. The van der Waals surface area contributed by atoms with Crippen molar-refractivity contribution >= 4 is 5.91 Å². The van der Waals surface area contributed by atoms with Gasteiger partial charge in [-0.3, -0.25) is 4.79 Å². The molecular formula is C15H21NO4. The molecular weight excluding hydrogens is 258 g/mol. The molecule has 0 aromatic heterocycles. The molecule has 1 heterocycles. The molecule has 0 saturated carbocycles. The molecule has 0 spiro atoms. The van der Waals surface area contributed by atoms with Crippen molar-refractivity contribution in [3.63, 3.8) is 0 Å². The van der Waals surface area contributed by atoms with E-state index in [9.17, 15) is 4.79 Å². The van der Waals surface area contributed by atoms with Crippen LogP contribution >= 0.6 is 0 Å². The lowest BCUT2D eigenvalue weighted by Crippen LogP contribution is -2.39. The molecule has 110 valence electrons. The van der Waals surface area contributed by atoms with E-state index in [1.807, 2.05) is 18.2 Å². The molecule has 0 unspecified atom stereocenters. The fraction of sp³-hybridized carbons (Fsp3) is 0.533. The van der Waals surface area contributed by atoms with Gasteiger partial charge in [-0.2, -0.15) is 0 Å². The number of rotatable bonds is 5. The van der Waals surface area contributed by atoms with Gasteiger partial charge >= 0.3 is 0 Å². The third-order valence-corrected chi connectivity index (χ3v) is 3.60. The van der Waals surface area contributed by atoms with E-state index in [2.05, 4.69) is 0 Å². The lowest BCUT2D eigenvalue weighted by molar-refractivity contribution is -0.112. The van der Waals surface area contributed by atoms with E-state index in [0.717, 1.165) is 29.7 Å². The smallest absolute Gasteiger partial charge is 0.254 e. The number of fused-ring (bicyclic) bond motifs is 1. The Kier molecular flexibility index (Phi) is 4.98. The molecule has 5 nitrogen and oxygen atoms in total. The van der Waals surface area contributed by atoms with Gasteiger partial charge in [0.15, 0.2) is 6.29 Å². The summed E-state index contributed by atoms with van der Waals surface area (Å²) in [5.41, 5.74) is 1.79. The molecule has 1 aromatic carbocycles. The molecule has 5 heteroatoms. The summed E-state index contributed by atoms with van der Waals surface area (Å²) in [6, 6.07) is 5.61. The summed E-state index contributed by atoms with van der Waals surface area (Å²) in [6.07, 6.45) is 1.41. The van der Waals surface area contributed by atoms with Crippen molar-refractivity contribution in [1.29, 1.82) is 0 Å². The average Bonchev–Trinajstić information content (AvgIpc) is 2.64. The molecule has 0 N–H and O–H groups in total. The highest BCUT2D eigenvalue weighted by atomic mass is 16.7. The van der Waals surface area contributed by atoms with Crippen LogP contribution < -0.4 is 4.74 Å². The Labute approximate surface area is 119 Å². The van der Waals surface area contributed by atoms with Crippen molar-refractivity contribution in [2.45, 2.75) is 19.1 Å². The van der Waals surface area contributed by atoms with Gasteiger partial charge in [0, 0.05) is 26.3 Å². The van der Waals surface area contributed by atoms with Gasteiger partial charge in [0.2, 0.25) is 0 Å². The summed E-state index contributed by atoms with van der Waals surface area (Å²) < 4.78 is 15.6. The third-order valence-electron chi connectivity index (χ3n) is 3.60. The largest absolute Gasteiger partial charge is 0.497 e. The number of ether oxygens (including phenoxy) is 3. The number of carbonyl (C=O) groups excluding carboxylic acids is 1. The average molecular weight is 279 g/mol. The number of hydrogen-bond donors (Lipinski definition) is 0. The van der Waals surface area contributed by atoms with Crippen LogP contribution in [0.25, 0.3) is 0 Å². The van der Waals surface area contributed by atoms with E-state index in [-0.39, 0.29) is 5.91 Å². The van der Waals surface area contributed by atoms with Crippen LogP contribution in [0, 0.1) is 0 Å². The van der Waals surface area contributed by atoms with Crippen LogP contribution in [-0.4, -0.2) is 51.5 Å². The maximum Gasteiger partial charge on any atom is 0.254 e. The molecule has 0 bridgehead atoms. The second kappa shape index (κ2) is 6.72. The molecule has 1 aliphatic heterocycles. The van der Waals surface area contributed by atoms with Crippen molar-refractivity contribution in [3.05, 3.63) is 29.3 Å². The molecule has 0 atom stereocenters. The fourth-order valence-corrected chi connectivity index (χ4v) is 2.44. The van der Waals surface area contributed by atoms with E-state index in [1.165, 1.54) is 0 Å². The highest BCUT2D eigenvalue weighted by molar-refractivity contribution is 5.96. The molecule has 0 aliphatic carbocycles. The lowest BCUT2D eigenvalue weighted by Gasteiger charge is -2.25. The normalized spacial score (nSPS) is 15.2. The highest BCUT2D eigenvalue weighted by Gasteiger charge is 2.25. The number of carbonyl (C=O) groups is 1. The minimum Gasteiger partial charge on any atom is -0.497 e. The Morgan fingerprint density at radius 3 is 2.65 bits per heavy atom. The van der Waals surface area contributed by atoms with Gasteiger partial charge in [0.1, 0.15) is 5.75 Å². The fourth-order valence-electron chi connectivity index (χ4n) is 2.44. The molecule has 2 rings (SSSR count). The van der Waals surface area contributed by atoms with Crippen molar-refractivity contribution in [2.24, 2.45) is 0 Å². The zero-order chi connectivity index (χ0) is 14.5. The van der Waals surface area contributed by atoms with Crippen LogP contribution in [0.2, 0.25) is 0 Å². The monoisotopic (exact) mass is 279 g/mol. The highest BCUT2D eigenvalue weighted by Crippen LogP contribution is 2.23. The first-order valence-corrected chi connectivity index (χ1v) is 6.71. The third kappa shape index (κ3) is 3.11. The van der Waals surface area contributed by atoms with E-state index in [4.69, 9.17) is 14.2 Å². The minimum absolute atomic E-state index is 0.0271. The summed E-state index contributed by atoms with van der Waals surface area (Å²) in [5, 5.41) is 0.